The van der Waals surface area contributed by atoms with E-state index in [1.165, 1.54) is 23.3 Å². The third kappa shape index (κ3) is 4.52. The van der Waals surface area contributed by atoms with Gasteiger partial charge in [-0.15, -0.1) is 0 Å². The average Bonchev–Trinajstić information content (AvgIpc) is 3.38. The van der Waals surface area contributed by atoms with E-state index in [4.69, 9.17) is 0 Å². The first kappa shape index (κ1) is 19.9. The summed E-state index contributed by atoms with van der Waals surface area (Å²) in [5.41, 5.74) is 4.09. The van der Waals surface area contributed by atoms with Crippen molar-refractivity contribution in [2.75, 3.05) is 17.4 Å². The molecule has 146 valence electrons. The zero-order valence-electron chi connectivity index (χ0n) is 16.1. The normalized spacial score (nSPS) is 15.0. The number of anilines is 1. The summed E-state index contributed by atoms with van der Waals surface area (Å²) >= 11 is 0. The van der Waals surface area contributed by atoms with Gasteiger partial charge < -0.3 is 4.90 Å². The highest BCUT2D eigenvalue weighted by atomic mass is 32.2. The monoisotopic (exact) mass is 407 g/mol. The molecule has 5 nitrogen and oxygen atoms in total. The first-order valence-corrected chi connectivity index (χ1v) is 12.6. The zero-order chi connectivity index (χ0) is 20.0. The van der Waals surface area contributed by atoms with Gasteiger partial charge >= 0.3 is 0 Å². The summed E-state index contributed by atoms with van der Waals surface area (Å²) in [6.07, 6.45) is 4.21. The van der Waals surface area contributed by atoms with Crippen LogP contribution in [0.25, 0.3) is 0 Å². The lowest BCUT2D eigenvalue weighted by Crippen LogP contribution is -2.27. The van der Waals surface area contributed by atoms with E-state index in [2.05, 4.69) is 36.9 Å². The molecule has 0 amide bonds. The summed E-state index contributed by atoms with van der Waals surface area (Å²) < 4.78 is 48.6. The second kappa shape index (κ2) is 6.95. The molecule has 0 saturated heterocycles. The van der Waals surface area contributed by atoms with Gasteiger partial charge in [0.15, 0.2) is 19.7 Å². The predicted molar refractivity (Wildman–Crippen MR) is 108 cm³/mol. The Kier molecular flexibility index (Phi) is 5.12. The maximum Gasteiger partial charge on any atom is 0.177 e. The van der Waals surface area contributed by atoms with E-state index >= 15 is 0 Å². The van der Waals surface area contributed by atoms with Crippen LogP contribution in [0.1, 0.15) is 29.5 Å². The van der Waals surface area contributed by atoms with E-state index in [1.54, 1.807) is 6.07 Å². The van der Waals surface area contributed by atoms with Gasteiger partial charge in [0.05, 0.1) is 15.5 Å². The molecular formula is C20H25NO4S2. The minimum Gasteiger partial charge on any atom is -0.363 e. The molecule has 2 aromatic rings. The molecule has 1 aliphatic rings. The Morgan fingerprint density at radius 1 is 0.889 bits per heavy atom. The minimum absolute atomic E-state index is 0.0219. The van der Waals surface area contributed by atoms with Crippen molar-refractivity contribution < 1.29 is 16.8 Å². The lowest BCUT2D eigenvalue weighted by atomic mass is 10.1. The first-order valence-electron chi connectivity index (χ1n) is 8.84. The zero-order valence-corrected chi connectivity index (χ0v) is 17.7. The molecule has 1 saturated carbocycles. The van der Waals surface area contributed by atoms with E-state index in [0.717, 1.165) is 30.9 Å². The van der Waals surface area contributed by atoms with Crippen LogP contribution < -0.4 is 4.90 Å². The van der Waals surface area contributed by atoms with Gasteiger partial charge in [0, 0.05) is 25.1 Å². The highest BCUT2D eigenvalue weighted by molar-refractivity contribution is 7.91. The summed E-state index contributed by atoms with van der Waals surface area (Å²) in [4.78, 5) is 2.18. The fourth-order valence-corrected chi connectivity index (χ4v) is 4.78. The molecule has 1 aliphatic carbocycles. The number of hydrogen-bond donors (Lipinski definition) is 0. The Morgan fingerprint density at radius 3 is 2.07 bits per heavy atom. The standard InChI is InChI=1S/C20H25NO4S2/c1-14-5-6-16(11-15(14)2)13-21(17-7-8-17)19-10-9-18(26(3,22)23)12-20(19)27(4,24)25/h5-6,9-12,17H,7-8,13H2,1-4H3. The van der Waals surface area contributed by atoms with Gasteiger partial charge in [-0.05, 0) is 61.6 Å². The van der Waals surface area contributed by atoms with Crippen LogP contribution in [0.2, 0.25) is 0 Å². The van der Waals surface area contributed by atoms with Gasteiger partial charge in [-0.1, -0.05) is 18.2 Å². The van der Waals surface area contributed by atoms with Crippen LogP contribution in [0.5, 0.6) is 0 Å². The number of aryl methyl sites for hydroxylation is 2. The maximum atomic E-state index is 12.4. The van der Waals surface area contributed by atoms with Crippen molar-refractivity contribution >= 4 is 25.4 Å². The lowest BCUT2D eigenvalue weighted by Gasteiger charge is -2.27. The van der Waals surface area contributed by atoms with Gasteiger partial charge in [-0.2, -0.15) is 0 Å². The summed E-state index contributed by atoms with van der Waals surface area (Å²) in [6.45, 7) is 4.71. The Hall–Kier alpha value is -1.86. The number of benzene rings is 2. The number of nitrogens with zero attached hydrogens (tertiary/aromatic N) is 1. The molecule has 7 heteroatoms. The van der Waals surface area contributed by atoms with Crippen molar-refractivity contribution in [2.45, 2.75) is 49.1 Å². The third-order valence-corrected chi connectivity index (χ3v) is 7.22. The van der Waals surface area contributed by atoms with Crippen molar-refractivity contribution in [2.24, 2.45) is 0 Å². The molecule has 27 heavy (non-hydrogen) atoms. The van der Waals surface area contributed by atoms with Crippen molar-refractivity contribution in [1.82, 2.24) is 0 Å². The van der Waals surface area contributed by atoms with Gasteiger partial charge in [0.1, 0.15) is 0 Å². The molecule has 1 fully saturated rings. The van der Waals surface area contributed by atoms with E-state index in [-0.39, 0.29) is 15.8 Å². The lowest BCUT2D eigenvalue weighted by molar-refractivity contribution is 0.599. The smallest absolute Gasteiger partial charge is 0.177 e. The van der Waals surface area contributed by atoms with Crippen molar-refractivity contribution in [3.63, 3.8) is 0 Å². The van der Waals surface area contributed by atoms with Crippen LogP contribution in [0.4, 0.5) is 5.69 Å². The SMILES string of the molecule is Cc1ccc(CN(c2ccc(S(C)(=O)=O)cc2S(C)(=O)=O)C2CC2)cc1C. The van der Waals surface area contributed by atoms with Crippen LogP contribution in [-0.4, -0.2) is 35.4 Å². The highest BCUT2D eigenvalue weighted by Crippen LogP contribution is 2.37. The summed E-state index contributed by atoms with van der Waals surface area (Å²) in [5.74, 6) is 0. The second-order valence-corrected chi connectivity index (χ2v) is 11.5. The number of rotatable bonds is 6. The molecule has 0 radical (unpaired) electrons. The van der Waals surface area contributed by atoms with Crippen LogP contribution in [0.15, 0.2) is 46.2 Å². The Morgan fingerprint density at radius 2 is 1.56 bits per heavy atom. The first-order chi connectivity index (χ1) is 12.5. The predicted octanol–water partition coefficient (Wildman–Crippen LogP) is 3.28. The molecule has 0 spiro atoms. The summed E-state index contributed by atoms with van der Waals surface area (Å²) in [6, 6.07) is 10.9. The van der Waals surface area contributed by atoms with E-state index in [0.29, 0.717) is 12.2 Å². The van der Waals surface area contributed by atoms with Crippen LogP contribution in [0.3, 0.4) is 0 Å². The van der Waals surface area contributed by atoms with Crippen LogP contribution in [-0.2, 0) is 26.2 Å². The van der Waals surface area contributed by atoms with E-state index < -0.39 is 19.7 Å². The molecule has 0 aromatic heterocycles. The van der Waals surface area contributed by atoms with Crippen LogP contribution >= 0.6 is 0 Å². The minimum atomic E-state index is -3.58. The summed E-state index contributed by atoms with van der Waals surface area (Å²) in [7, 11) is -7.07. The molecule has 2 aromatic carbocycles. The molecule has 0 aliphatic heterocycles. The fraction of sp³-hybridized carbons (Fsp3) is 0.400. The third-order valence-electron chi connectivity index (χ3n) is 4.98. The second-order valence-electron chi connectivity index (χ2n) is 7.45. The summed E-state index contributed by atoms with van der Waals surface area (Å²) in [5, 5.41) is 0. The van der Waals surface area contributed by atoms with Crippen molar-refractivity contribution in [1.29, 1.82) is 0 Å². The average molecular weight is 408 g/mol. The fourth-order valence-electron chi connectivity index (χ4n) is 3.16. The Balaban J connectivity index is 2.09. The van der Waals surface area contributed by atoms with Gasteiger partial charge in [0.25, 0.3) is 0 Å². The topological polar surface area (TPSA) is 71.5 Å². The molecule has 3 rings (SSSR count). The van der Waals surface area contributed by atoms with Crippen molar-refractivity contribution in [3.05, 3.63) is 53.1 Å². The highest BCUT2D eigenvalue weighted by Gasteiger charge is 2.32. The molecular weight excluding hydrogens is 382 g/mol. The molecule has 0 atom stereocenters. The number of hydrogen-bond acceptors (Lipinski definition) is 5. The maximum absolute atomic E-state index is 12.4. The van der Waals surface area contributed by atoms with E-state index in [9.17, 15) is 16.8 Å². The Labute approximate surface area is 161 Å². The van der Waals surface area contributed by atoms with Gasteiger partial charge in [-0.25, -0.2) is 16.8 Å². The Bertz CT molecular complexity index is 1080. The van der Waals surface area contributed by atoms with E-state index in [1.807, 2.05) is 0 Å². The number of sulfone groups is 2. The molecule has 0 N–H and O–H groups in total. The molecule has 0 bridgehead atoms. The van der Waals surface area contributed by atoms with Gasteiger partial charge in [0.2, 0.25) is 0 Å². The van der Waals surface area contributed by atoms with Crippen LogP contribution in [0, 0.1) is 13.8 Å². The van der Waals surface area contributed by atoms with Crippen molar-refractivity contribution in [3.8, 4) is 0 Å². The quantitative estimate of drug-likeness (QED) is 0.735. The molecule has 0 unspecified atom stereocenters. The largest absolute Gasteiger partial charge is 0.363 e. The van der Waals surface area contributed by atoms with Gasteiger partial charge in [-0.3, -0.25) is 0 Å². The molecule has 0 heterocycles.